The van der Waals surface area contributed by atoms with E-state index in [1.54, 1.807) is 6.20 Å². The van der Waals surface area contributed by atoms with Crippen LogP contribution in [-0.2, 0) is 4.79 Å². The second kappa shape index (κ2) is 2.50. The lowest BCUT2D eigenvalue weighted by atomic mass is 10.2. The van der Waals surface area contributed by atoms with Gasteiger partial charge in [-0.3, -0.25) is 4.79 Å². The van der Waals surface area contributed by atoms with Gasteiger partial charge in [-0.05, 0) is 19.0 Å². The molecule has 1 heterocycles. The highest BCUT2D eigenvalue weighted by atomic mass is 16.1. The van der Waals surface area contributed by atoms with E-state index in [0.717, 1.165) is 12.8 Å². The Kier molecular flexibility index (Phi) is 1.67. The van der Waals surface area contributed by atoms with Crippen molar-refractivity contribution < 1.29 is 4.79 Å². The Labute approximate surface area is 48.6 Å². The summed E-state index contributed by atoms with van der Waals surface area (Å²) in [7, 11) is 0. The molecule has 8 heavy (non-hydrogen) atoms. The molecular weight excluding hydrogens is 102 g/mol. The average Bonchev–Trinajstić information content (AvgIpc) is 1.94. The summed E-state index contributed by atoms with van der Waals surface area (Å²) in [6.45, 7) is 0. The summed E-state index contributed by atoms with van der Waals surface area (Å²) in [5, 5.41) is 2.51. The van der Waals surface area contributed by atoms with Crippen LogP contribution < -0.4 is 5.32 Å². The number of carbonyl (C=O) groups excluding carboxylic acids is 1. The molecule has 1 amide bonds. The lowest BCUT2D eigenvalue weighted by molar-refractivity contribution is -0.117. The Bertz CT molecular complexity index is 118. The highest BCUT2D eigenvalue weighted by Gasteiger charge is 2.00. The number of rotatable bonds is 0. The van der Waals surface area contributed by atoms with Crippen molar-refractivity contribution in [2.75, 3.05) is 0 Å². The Balaban J connectivity index is 2.41. The van der Waals surface area contributed by atoms with Crippen molar-refractivity contribution in [1.29, 1.82) is 0 Å². The fourth-order valence-corrected chi connectivity index (χ4v) is 0.538. The molecule has 0 aromatic carbocycles. The van der Waals surface area contributed by atoms with Gasteiger partial charge >= 0.3 is 0 Å². The number of hydrogen-bond acceptors (Lipinski definition) is 1. The van der Waals surface area contributed by atoms with Crippen molar-refractivity contribution in [2.24, 2.45) is 0 Å². The van der Waals surface area contributed by atoms with E-state index < -0.39 is 0 Å². The van der Waals surface area contributed by atoms with Crippen LogP contribution in [0.3, 0.4) is 0 Å². The van der Waals surface area contributed by atoms with Gasteiger partial charge in [-0.15, -0.1) is 0 Å². The molecule has 2 heteroatoms. The summed E-state index contributed by atoms with van der Waals surface area (Å²) in [5.41, 5.74) is 0. The zero-order chi connectivity index (χ0) is 5.82. The van der Waals surface area contributed by atoms with Gasteiger partial charge in [-0.1, -0.05) is 6.08 Å². The lowest BCUT2D eigenvalue weighted by Gasteiger charge is -1.89. The van der Waals surface area contributed by atoms with Crippen molar-refractivity contribution in [3.05, 3.63) is 18.7 Å². The maximum Gasteiger partial charge on any atom is 0.232 e. The standard InChI is InChI=1S/C6H7NO/c8-6-4-2-1-3-5-7-6/h3,5H,1-2H2,(H,7,8). The van der Waals surface area contributed by atoms with Crippen molar-refractivity contribution in [3.8, 4) is 0 Å². The first-order chi connectivity index (χ1) is 3.89. The van der Waals surface area contributed by atoms with Crippen LogP contribution in [0.1, 0.15) is 12.8 Å². The van der Waals surface area contributed by atoms with Crippen LogP contribution in [0.25, 0.3) is 0 Å². The van der Waals surface area contributed by atoms with Gasteiger partial charge in [0.25, 0.3) is 0 Å². The normalized spacial score (nSPS) is 19.8. The van der Waals surface area contributed by atoms with E-state index in [-0.39, 0.29) is 5.91 Å². The second-order valence-electron chi connectivity index (χ2n) is 1.59. The summed E-state index contributed by atoms with van der Waals surface area (Å²) in [6.07, 6.45) is 7.86. The number of carbonyl (C=O) groups is 1. The van der Waals surface area contributed by atoms with Crippen molar-refractivity contribution in [3.63, 3.8) is 0 Å². The molecule has 1 aliphatic heterocycles. The molecule has 0 aromatic rings. The molecule has 0 bridgehead atoms. The molecule has 1 rings (SSSR count). The number of amides is 1. The van der Waals surface area contributed by atoms with Crippen molar-refractivity contribution >= 4 is 5.91 Å². The Morgan fingerprint density at radius 2 is 2.62 bits per heavy atom. The number of hydrogen-bond donors (Lipinski definition) is 1. The van der Waals surface area contributed by atoms with Crippen LogP contribution in [0, 0.1) is 6.42 Å². The van der Waals surface area contributed by atoms with E-state index in [0.29, 0.717) is 0 Å². The first-order valence-corrected chi connectivity index (χ1v) is 2.59. The first-order valence-electron chi connectivity index (χ1n) is 2.59. The lowest BCUT2D eigenvalue weighted by Crippen LogP contribution is -2.14. The maximum absolute atomic E-state index is 10.4. The van der Waals surface area contributed by atoms with Gasteiger partial charge in [0, 0.05) is 0 Å². The number of nitrogens with one attached hydrogen (secondary N) is 1. The molecule has 0 saturated carbocycles. The van der Waals surface area contributed by atoms with E-state index in [4.69, 9.17) is 0 Å². The first kappa shape index (κ1) is 5.35. The molecule has 0 spiro atoms. The van der Waals surface area contributed by atoms with Crippen molar-refractivity contribution in [2.45, 2.75) is 12.8 Å². The molecule has 2 radical (unpaired) electrons. The molecule has 0 fully saturated rings. The minimum Gasteiger partial charge on any atom is -0.332 e. The van der Waals surface area contributed by atoms with E-state index in [9.17, 15) is 4.79 Å². The summed E-state index contributed by atoms with van der Waals surface area (Å²) in [4.78, 5) is 10.4. The SMILES string of the molecule is O=C1[C]CCC=CN1. The largest absolute Gasteiger partial charge is 0.332 e. The molecule has 1 N–H and O–H groups in total. The summed E-state index contributed by atoms with van der Waals surface area (Å²) in [5.74, 6) is -0.112. The number of allylic oxidation sites excluding steroid dienone is 1. The Morgan fingerprint density at radius 3 is 3.50 bits per heavy atom. The third-order valence-corrected chi connectivity index (χ3v) is 0.929. The maximum atomic E-state index is 10.4. The van der Waals surface area contributed by atoms with Crippen LogP contribution in [0.2, 0.25) is 0 Å². The minimum atomic E-state index is -0.112. The van der Waals surface area contributed by atoms with Crippen LogP contribution in [0.5, 0.6) is 0 Å². The summed E-state index contributed by atoms with van der Waals surface area (Å²) < 4.78 is 0. The van der Waals surface area contributed by atoms with E-state index in [1.165, 1.54) is 0 Å². The second-order valence-corrected chi connectivity index (χ2v) is 1.59. The Hall–Kier alpha value is -0.790. The van der Waals surface area contributed by atoms with E-state index in [1.807, 2.05) is 6.08 Å². The predicted molar refractivity (Wildman–Crippen MR) is 29.8 cm³/mol. The van der Waals surface area contributed by atoms with Gasteiger partial charge < -0.3 is 5.32 Å². The molecule has 1 aliphatic rings. The molecule has 2 nitrogen and oxygen atoms in total. The van der Waals surface area contributed by atoms with Gasteiger partial charge in [0.2, 0.25) is 5.91 Å². The fraction of sp³-hybridized carbons (Fsp3) is 0.333. The van der Waals surface area contributed by atoms with Gasteiger partial charge in [0.1, 0.15) is 0 Å². The van der Waals surface area contributed by atoms with Crippen LogP contribution >= 0.6 is 0 Å². The van der Waals surface area contributed by atoms with Crippen LogP contribution in [0.4, 0.5) is 0 Å². The van der Waals surface area contributed by atoms with Crippen LogP contribution in [0.15, 0.2) is 12.3 Å². The van der Waals surface area contributed by atoms with Crippen LogP contribution in [-0.4, -0.2) is 5.91 Å². The zero-order valence-corrected chi connectivity index (χ0v) is 4.48. The molecule has 0 atom stereocenters. The topological polar surface area (TPSA) is 29.1 Å². The monoisotopic (exact) mass is 109 g/mol. The Morgan fingerprint density at radius 1 is 1.75 bits per heavy atom. The van der Waals surface area contributed by atoms with Crippen molar-refractivity contribution in [1.82, 2.24) is 5.32 Å². The average molecular weight is 109 g/mol. The molecule has 0 aromatic heterocycles. The zero-order valence-electron chi connectivity index (χ0n) is 4.48. The predicted octanol–water partition coefficient (Wildman–Crippen LogP) is 0.491. The third kappa shape index (κ3) is 1.37. The minimum absolute atomic E-state index is 0.112. The fourth-order valence-electron chi connectivity index (χ4n) is 0.538. The van der Waals surface area contributed by atoms with E-state index >= 15 is 0 Å². The molecular formula is C6H7NO. The summed E-state index contributed by atoms with van der Waals surface area (Å²) in [6, 6.07) is 0. The highest BCUT2D eigenvalue weighted by Crippen LogP contribution is 1.97. The molecule has 42 valence electrons. The quantitative estimate of drug-likeness (QED) is 0.482. The molecule has 0 aliphatic carbocycles. The molecule has 0 saturated heterocycles. The molecule has 0 unspecified atom stereocenters. The highest BCUT2D eigenvalue weighted by molar-refractivity contribution is 5.85. The van der Waals surface area contributed by atoms with Gasteiger partial charge in [0.05, 0.1) is 6.42 Å². The smallest absolute Gasteiger partial charge is 0.232 e. The summed E-state index contributed by atoms with van der Waals surface area (Å²) >= 11 is 0. The third-order valence-electron chi connectivity index (χ3n) is 0.929. The van der Waals surface area contributed by atoms with Gasteiger partial charge in [-0.25, -0.2) is 0 Å². The van der Waals surface area contributed by atoms with Gasteiger partial charge in [-0.2, -0.15) is 0 Å². The van der Waals surface area contributed by atoms with Gasteiger partial charge in [0.15, 0.2) is 0 Å². The van der Waals surface area contributed by atoms with E-state index in [2.05, 4.69) is 11.7 Å².